The summed E-state index contributed by atoms with van der Waals surface area (Å²) in [4.78, 5) is 14.2. The summed E-state index contributed by atoms with van der Waals surface area (Å²) < 4.78 is 0. The highest BCUT2D eigenvalue weighted by atomic mass is 79.9. The third kappa shape index (κ3) is 5.21. The molecule has 0 aliphatic heterocycles. The minimum absolute atomic E-state index is 0.230. The third-order valence-corrected chi connectivity index (χ3v) is 3.28. The van der Waals surface area contributed by atoms with Crippen LogP contribution in [0.4, 0.5) is 0 Å². The van der Waals surface area contributed by atoms with Crippen LogP contribution in [0.3, 0.4) is 0 Å². The topological polar surface area (TPSA) is 20.3 Å². The van der Waals surface area contributed by atoms with Crippen molar-refractivity contribution in [1.29, 1.82) is 0 Å². The first-order chi connectivity index (χ1) is 8.67. The van der Waals surface area contributed by atoms with Crippen molar-refractivity contribution in [2.75, 3.05) is 18.4 Å². The Bertz CT molecular complexity index is 379. The molecule has 0 aromatic heterocycles. The first-order valence-corrected chi connectivity index (χ1v) is 7.68. The molecule has 0 saturated heterocycles. The van der Waals surface area contributed by atoms with Gasteiger partial charge in [0.1, 0.15) is 0 Å². The van der Waals surface area contributed by atoms with E-state index in [1.807, 2.05) is 17.0 Å². The summed E-state index contributed by atoms with van der Waals surface area (Å²) in [6.07, 6.45) is 2.71. The van der Waals surface area contributed by atoms with Gasteiger partial charge in [0.05, 0.1) is 6.42 Å². The molecule has 0 bridgehead atoms. The Morgan fingerprint density at radius 1 is 1.33 bits per heavy atom. The van der Waals surface area contributed by atoms with E-state index in [1.54, 1.807) is 0 Å². The maximum Gasteiger partial charge on any atom is 0.227 e. The van der Waals surface area contributed by atoms with Gasteiger partial charge in [0.25, 0.3) is 0 Å². The molecule has 100 valence electrons. The average molecular weight is 312 g/mol. The quantitative estimate of drug-likeness (QED) is 0.705. The van der Waals surface area contributed by atoms with Crippen molar-refractivity contribution in [1.82, 2.24) is 4.90 Å². The predicted octanol–water partition coefficient (Wildman–Crippen LogP) is 3.56. The van der Waals surface area contributed by atoms with Gasteiger partial charge < -0.3 is 4.90 Å². The number of carbonyl (C=O) groups excluding carboxylic acids is 1. The number of amides is 1. The minimum Gasteiger partial charge on any atom is -0.342 e. The lowest BCUT2D eigenvalue weighted by Gasteiger charge is -2.21. The second kappa shape index (κ2) is 8.30. The van der Waals surface area contributed by atoms with Crippen molar-refractivity contribution < 1.29 is 4.79 Å². The van der Waals surface area contributed by atoms with Crippen LogP contribution in [0.2, 0.25) is 0 Å². The zero-order valence-electron chi connectivity index (χ0n) is 11.3. The van der Waals surface area contributed by atoms with Crippen molar-refractivity contribution in [3.8, 4) is 0 Å². The SMILES string of the molecule is CCCCN(CCBr)C(=O)Cc1cccc(C)c1. The Morgan fingerprint density at radius 2 is 2.11 bits per heavy atom. The Balaban J connectivity index is 2.60. The van der Waals surface area contributed by atoms with Crippen LogP contribution in [0.1, 0.15) is 30.9 Å². The number of carbonyl (C=O) groups is 1. The third-order valence-electron chi connectivity index (χ3n) is 2.93. The highest BCUT2D eigenvalue weighted by molar-refractivity contribution is 9.09. The van der Waals surface area contributed by atoms with Crippen molar-refractivity contribution in [2.45, 2.75) is 33.1 Å². The number of hydrogen-bond donors (Lipinski definition) is 0. The Kier molecular flexibility index (Phi) is 7.02. The van der Waals surface area contributed by atoms with E-state index >= 15 is 0 Å². The monoisotopic (exact) mass is 311 g/mol. The number of hydrogen-bond acceptors (Lipinski definition) is 1. The largest absolute Gasteiger partial charge is 0.342 e. The first kappa shape index (κ1) is 15.2. The molecular weight excluding hydrogens is 290 g/mol. The van der Waals surface area contributed by atoms with E-state index in [0.717, 1.165) is 36.8 Å². The Morgan fingerprint density at radius 3 is 2.72 bits per heavy atom. The van der Waals surface area contributed by atoms with Crippen LogP contribution in [-0.4, -0.2) is 29.2 Å². The van der Waals surface area contributed by atoms with Gasteiger partial charge in [-0.25, -0.2) is 0 Å². The molecule has 1 rings (SSSR count). The molecule has 2 nitrogen and oxygen atoms in total. The van der Waals surface area contributed by atoms with E-state index < -0.39 is 0 Å². The number of aryl methyl sites for hydroxylation is 1. The van der Waals surface area contributed by atoms with Gasteiger partial charge in [0.15, 0.2) is 0 Å². The van der Waals surface area contributed by atoms with Gasteiger partial charge >= 0.3 is 0 Å². The maximum atomic E-state index is 12.2. The molecule has 0 saturated carbocycles. The molecule has 0 unspecified atom stereocenters. The van der Waals surface area contributed by atoms with E-state index in [9.17, 15) is 4.79 Å². The molecule has 0 fully saturated rings. The van der Waals surface area contributed by atoms with E-state index in [1.165, 1.54) is 5.56 Å². The molecule has 1 aromatic carbocycles. The number of nitrogens with zero attached hydrogens (tertiary/aromatic N) is 1. The summed E-state index contributed by atoms with van der Waals surface area (Å²) >= 11 is 3.41. The van der Waals surface area contributed by atoms with Gasteiger partial charge in [-0.15, -0.1) is 0 Å². The molecule has 0 aliphatic rings. The number of halogens is 1. The van der Waals surface area contributed by atoms with Crippen molar-refractivity contribution in [3.63, 3.8) is 0 Å². The summed E-state index contributed by atoms with van der Waals surface area (Å²) in [6, 6.07) is 8.18. The van der Waals surface area contributed by atoms with E-state index in [0.29, 0.717) is 6.42 Å². The number of rotatable bonds is 7. The van der Waals surface area contributed by atoms with Crippen molar-refractivity contribution >= 4 is 21.8 Å². The molecule has 0 heterocycles. The van der Waals surface area contributed by atoms with Crippen LogP contribution in [0.25, 0.3) is 0 Å². The van der Waals surface area contributed by atoms with Crippen LogP contribution >= 0.6 is 15.9 Å². The molecule has 3 heteroatoms. The van der Waals surface area contributed by atoms with Gasteiger partial charge in [-0.3, -0.25) is 4.79 Å². The lowest BCUT2D eigenvalue weighted by atomic mass is 10.1. The summed E-state index contributed by atoms with van der Waals surface area (Å²) in [5, 5.41) is 0.844. The lowest BCUT2D eigenvalue weighted by molar-refractivity contribution is -0.130. The average Bonchev–Trinajstić information content (AvgIpc) is 2.34. The molecule has 0 N–H and O–H groups in total. The van der Waals surface area contributed by atoms with E-state index in [4.69, 9.17) is 0 Å². The molecule has 0 spiro atoms. The Hall–Kier alpha value is -0.830. The molecule has 0 atom stereocenters. The van der Waals surface area contributed by atoms with E-state index in [2.05, 4.69) is 41.9 Å². The Labute approximate surface area is 119 Å². The second-order valence-electron chi connectivity index (χ2n) is 4.59. The van der Waals surface area contributed by atoms with Crippen LogP contribution in [0, 0.1) is 6.92 Å². The molecular formula is C15H22BrNO. The summed E-state index contributed by atoms with van der Waals surface area (Å²) in [5.74, 6) is 0.230. The highest BCUT2D eigenvalue weighted by Crippen LogP contribution is 2.07. The molecule has 0 aliphatic carbocycles. The van der Waals surface area contributed by atoms with E-state index in [-0.39, 0.29) is 5.91 Å². The van der Waals surface area contributed by atoms with Gasteiger partial charge in [-0.2, -0.15) is 0 Å². The fraction of sp³-hybridized carbons (Fsp3) is 0.533. The first-order valence-electron chi connectivity index (χ1n) is 6.56. The smallest absolute Gasteiger partial charge is 0.227 e. The summed E-state index contributed by atoms with van der Waals surface area (Å²) in [7, 11) is 0. The van der Waals surface area contributed by atoms with Crippen LogP contribution < -0.4 is 0 Å². The second-order valence-corrected chi connectivity index (χ2v) is 5.38. The van der Waals surface area contributed by atoms with Crippen molar-refractivity contribution in [2.24, 2.45) is 0 Å². The fourth-order valence-corrected chi connectivity index (χ4v) is 2.35. The van der Waals surface area contributed by atoms with Crippen molar-refractivity contribution in [3.05, 3.63) is 35.4 Å². The zero-order chi connectivity index (χ0) is 13.4. The fourth-order valence-electron chi connectivity index (χ4n) is 1.92. The summed E-state index contributed by atoms with van der Waals surface area (Å²) in [5.41, 5.74) is 2.32. The van der Waals surface area contributed by atoms with Gasteiger partial charge in [0.2, 0.25) is 5.91 Å². The lowest BCUT2D eigenvalue weighted by Crippen LogP contribution is -2.34. The molecule has 18 heavy (non-hydrogen) atoms. The van der Waals surface area contributed by atoms with Crippen LogP contribution in [0.15, 0.2) is 24.3 Å². The minimum atomic E-state index is 0.230. The van der Waals surface area contributed by atoms with Gasteiger partial charge in [0, 0.05) is 18.4 Å². The highest BCUT2D eigenvalue weighted by Gasteiger charge is 2.12. The standard InChI is InChI=1S/C15H22BrNO/c1-3-4-9-17(10-8-16)15(18)12-14-7-5-6-13(2)11-14/h5-7,11H,3-4,8-10,12H2,1-2H3. The molecule has 1 aromatic rings. The number of unbranched alkanes of at least 4 members (excludes halogenated alkanes) is 1. The van der Waals surface area contributed by atoms with Gasteiger partial charge in [-0.05, 0) is 18.9 Å². The predicted molar refractivity (Wildman–Crippen MR) is 80.2 cm³/mol. The van der Waals surface area contributed by atoms with Gasteiger partial charge in [-0.1, -0.05) is 59.1 Å². The van der Waals surface area contributed by atoms with Crippen LogP contribution in [0.5, 0.6) is 0 Å². The van der Waals surface area contributed by atoms with Crippen LogP contribution in [-0.2, 0) is 11.2 Å². The number of benzene rings is 1. The normalized spacial score (nSPS) is 10.4. The molecule has 1 amide bonds. The summed E-state index contributed by atoms with van der Waals surface area (Å²) in [6.45, 7) is 5.87. The number of alkyl halides is 1. The zero-order valence-corrected chi connectivity index (χ0v) is 12.9. The maximum absolute atomic E-state index is 12.2. The molecule has 0 radical (unpaired) electrons.